The molecule has 0 radical (unpaired) electrons. The van der Waals surface area contributed by atoms with Gasteiger partial charge in [0.05, 0.1) is 6.54 Å². The van der Waals surface area contributed by atoms with Gasteiger partial charge in [0.15, 0.2) is 5.96 Å². The number of aromatic hydroxyl groups is 1. The summed E-state index contributed by atoms with van der Waals surface area (Å²) in [6, 6.07) is 13.5. The molecule has 122 valence electrons. The Balaban J connectivity index is 2.06. The maximum Gasteiger partial charge on any atom is 0.194 e. The van der Waals surface area contributed by atoms with E-state index < -0.39 is 0 Å². The largest absolute Gasteiger partial charge is 0.508 e. The molecule has 0 amide bonds. The average Bonchev–Trinajstić information content (AvgIpc) is 2.53. The van der Waals surface area contributed by atoms with Crippen molar-refractivity contribution in [2.24, 2.45) is 4.99 Å². The predicted molar refractivity (Wildman–Crippen MR) is 90.8 cm³/mol. The minimum absolute atomic E-state index is 0.234. The Morgan fingerprint density at radius 2 is 1.91 bits per heavy atom. The fourth-order valence-electron chi connectivity index (χ4n) is 2.22. The van der Waals surface area contributed by atoms with Crippen molar-refractivity contribution in [2.45, 2.75) is 20.0 Å². The lowest BCUT2D eigenvalue weighted by Crippen LogP contribution is -2.38. The van der Waals surface area contributed by atoms with E-state index in [2.05, 4.69) is 10.3 Å². The Kier molecular flexibility index (Phi) is 5.97. The first-order valence-corrected chi connectivity index (χ1v) is 7.60. The number of hydrogen-bond donors (Lipinski definition) is 2. The first-order chi connectivity index (χ1) is 11.1. The fraction of sp³-hybridized carbons (Fsp3) is 0.278. The van der Waals surface area contributed by atoms with Gasteiger partial charge < -0.3 is 15.3 Å². The molecule has 0 saturated heterocycles. The first-order valence-electron chi connectivity index (χ1n) is 7.60. The zero-order valence-electron chi connectivity index (χ0n) is 13.5. The van der Waals surface area contributed by atoms with E-state index in [1.165, 1.54) is 12.1 Å². The summed E-state index contributed by atoms with van der Waals surface area (Å²) in [4.78, 5) is 6.54. The zero-order chi connectivity index (χ0) is 16.7. The molecule has 2 aromatic rings. The molecule has 4 nitrogen and oxygen atoms in total. The van der Waals surface area contributed by atoms with Crippen LogP contribution in [0.5, 0.6) is 5.75 Å². The van der Waals surface area contributed by atoms with Crippen LogP contribution in [0, 0.1) is 5.82 Å². The third kappa shape index (κ3) is 5.29. The Hall–Kier alpha value is -2.56. The summed E-state index contributed by atoms with van der Waals surface area (Å²) in [5, 5.41) is 12.5. The molecule has 5 heteroatoms. The summed E-state index contributed by atoms with van der Waals surface area (Å²) in [5.41, 5.74) is 1.90. The van der Waals surface area contributed by atoms with Gasteiger partial charge in [0.2, 0.25) is 0 Å². The van der Waals surface area contributed by atoms with Gasteiger partial charge in [-0.2, -0.15) is 0 Å². The SMILES string of the molecule is CCNC(=NCc1ccc(O)cc1)N(C)Cc1cccc(F)c1. The minimum atomic E-state index is -0.234. The lowest BCUT2D eigenvalue weighted by atomic mass is 10.2. The van der Waals surface area contributed by atoms with E-state index in [0.29, 0.717) is 13.1 Å². The molecule has 0 aliphatic carbocycles. The molecule has 0 aromatic heterocycles. The fourth-order valence-corrected chi connectivity index (χ4v) is 2.22. The zero-order valence-corrected chi connectivity index (χ0v) is 13.5. The van der Waals surface area contributed by atoms with Crippen molar-refractivity contribution in [3.8, 4) is 5.75 Å². The normalized spacial score (nSPS) is 11.3. The van der Waals surface area contributed by atoms with Crippen LogP contribution in [0.15, 0.2) is 53.5 Å². The third-order valence-electron chi connectivity index (χ3n) is 3.35. The van der Waals surface area contributed by atoms with Crippen LogP contribution < -0.4 is 5.32 Å². The Morgan fingerprint density at radius 1 is 1.17 bits per heavy atom. The lowest BCUT2D eigenvalue weighted by molar-refractivity contribution is 0.473. The summed E-state index contributed by atoms with van der Waals surface area (Å²) in [7, 11) is 1.92. The second-order valence-electron chi connectivity index (χ2n) is 5.32. The number of rotatable bonds is 5. The average molecular weight is 315 g/mol. The van der Waals surface area contributed by atoms with Gasteiger partial charge in [0.25, 0.3) is 0 Å². The van der Waals surface area contributed by atoms with Crippen LogP contribution in [-0.2, 0) is 13.1 Å². The molecule has 0 spiro atoms. The number of guanidine groups is 1. The standard InChI is InChI=1S/C18H22FN3O/c1-3-20-18(21-12-14-7-9-17(23)10-8-14)22(2)13-15-5-4-6-16(19)11-15/h4-11,23H,3,12-13H2,1-2H3,(H,20,21). The van der Waals surface area contributed by atoms with Crippen LogP contribution in [0.2, 0.25) is 0 Å². The van der Waals surface area contributed by atoms with Crippen LogP contribution >= 0.6 is 0 Å². The quantitative estimate of drug-likeness (QED) is 0.658. The summed E-state index contributed by atoms with van der Waals surface area (Å²) in [6.07, 6.45) is 0. The molecule has 0 bridgehead atoms. The first kappa shape index (κ1) is 16.8. The van der Waals surface area contributed by atoms with Gasteiger partial charge in [0, 0.05) is 20.1 Å². The molecular formula is C18H22FN3O. The molecule has 2 rings (SSSR count). The highest BCUT2D eigenvalue weighted by molar-refractivity contribution is 5.79. The summed E-state index contributed by atoms with van der Waals surface area (Å²) < 4.78 is 13.3. The van der Waals surface area contributed by atoms with E-state index in [1.807, 2.05) is 37.1 Å². The van der Waals surface area contributed by atoms with Gasteiger partial charge in [-0.1, -0.05) is 24.3 Å². The highest BCUT2D eigenvalue weighted by atomic mass is 19.1. The molecule has 0 atom stereocenters. The lowest BCUT2D eigenvalue weighted by Gasteiger charge is -2.22. The molecule has 23 heavy (non-hydrogen) atoms. The minimum Gasteiger partial charge on any atom is -0.508 e. The molecule has 0 unspecified atom stereocenters. The van der Waals surface area contributed by atoms with Crippen LogP contribution in [0.3, 0.4) is 0 Å². The van der Waals surface area contributed by atoms with E-state index in [4.69, 9.17) is 0 Å². The van der Waals surface area contributed by atoms with E-state index in [0.717, 1.165) is 23.6 Å². The summed E-state index contributed by atoms with van der Waals surface area (Å²) in [6.45, 7) is 3.84. The van der Waals surface area contributed by atoms with Gasteiger partial charge in [-0.3, -0.25) is 0 Å². The molecular weight excluding hydrogens is 293 g/mol. The van der Waals surface area contributed by atoms with Crippen molar-refractivity contribution < 1.29 is 9.50 Å². The second-order valence-corrected chi connectivity index (χ2v) is 5.32. The Bertz CT molecular complexity index is 656. The van der Waals surface area contributed by atoms with Gasteiger partial charge in [-0.15, -0.1) is 0 Å². The Labute approximate surface area is 136 Å². The predicted octanol–water partition coefficient (Wildman–Crippen LogP) is 3.13. The van der Waals surface area contributed by atoms with Crippen LogP contribution in [0.25, 0.3) is 0 Å². The second kappa shape index (κ2) is 8.17. The van der Waals surface area contributed by atoms with E-state index >= 15 is 0 Å². The van der Waals surface area contributed by atoms with Crippen LogP contribution in [0.4, 0.5) is 4.39 Å². The van der Waals surface area contributed by atoms with Crippen molar-refractivity contribution in [3.05, 3.63) is 65.5 Å². The molecule has 0 aliphatic rings. The number of nitrogens with one attached hydrogen (secondary N) is 1. The monoisotopic (exact) mass is 315 g/mol. The molecule has 0 aliphatic heterocycles. The molecule has 0 saturated carbocycles. The number of hydrogen-bond acceptors (Lipinski definition) is 2. The topological polar surface area (TPSA) is 47.9 Å². The van der Waals surface area contributed by atoms with Crippen molar-refractivity contribution in [1.82, 2.24) is 10.2 Å². The number of halogens is 1. The highest BCUT2D eigenvalue weighted by Gasteiger charge is 2.07. The third-order valence-corrected chi connectivity index (χ3v) is 3.35. The number of benzene rings is 2. The molecule has 0 fully saturated rings. The van der Waals surface area contributed by atoms with Crippen molar-refractivity contribution in [2.75, 3.05) is 13.6 Å². The molecule has 0 heterocycles. The van der Waals surface area contributed by atoms with Gasteiger partial charge in [0.1, 0.15) is 11.6 Å². The van der Waals surface area contributed by atoms with E-state index in [1.54, 1.807) is 18.2 Å². The highest BCUT2D eigenvalue weighted by Crippen LogP contribution is 2.11. The number of nitrogens with zero attached hydrogens (tertiary/aromatic N) is 2. The smallest absolute Gasteiger partial charge is 0.194 e. The van der Waals surface area contributed by atoms with E-state index in [-0.39, 0.29) is 11.6 Å². The van der Waals surface area contributed by atoms with Crippen LogP contribution in [0.1, 0.15) is 18.1 Å². The number of phenols is 1. The van der Waals surface area contributed by atoms with Crippen molar-refractivity contribution in [1.29, 1.82) is 0 Å². The number of aliphatic imine (C=N–C) groups is 1. The maximum absolute atomic E-state index is 13.3. The summed E-state index contributed by atoms with van der Waals surface area (Å²) in [5.74, 6) is 0.764. The van der Waals surface area contributed by atoms with Crippen molar-refractivity contribution in [3.63, 3.8) is 0 Å². The maximum atomic E-state index is 13.3. The number of phenolic OH excluding ortho intramolecular Hbond substituents is 1. The molecule has 2 N–H and O–H groups in total. The van der Waals surface area contributed by atoms with Crippen LogP contribution in [-0.4, -0.2) is 29.6 Å². The summed E-state index contributed by atoms with van der Waals surface area (Å²) >= 11 is 0. The van der Waals surface area contributed by atoms with E-state index in [9.17, 15) is 9.50 Å². The van der Waals surface area contributed by atoms with Gasteiger partial charge >= 0.3 is 0 Å². The Morgan fingerprint density at radius 3 is 2.57 bits per heavy atom. The van der Waals surface area contributed by atoms with Gasteiger partial charge in [-0.25, -0.2) is 9.38 Å². The van der Waals surface area contributed by atoms with Crippen molar-refractivity contribution >= 4 is 5.96 Å². The molecule has 2 aromatic carbocycles. The van der Waals surface area contributed by atoms with Gasteiger partial charge in [-0.05, 0) is 42.3 Å².